The summed E-state index contributed by atoms with van der Waals surface area (Å²) in [6, 6.07) is 13.3. The standard InChI is InChI=1S/C22H24N2O5S/c1-22(2)18-7-5-6-8-19(18)24(4)20(22)13-16(25)14-29-21(26)15-9-11-17(12-10-15)30(27,28)23-3/h5-13,23H,14H2,1-4H3/b20-13+. The predicted octanol–water partition coefficient (Wildman–Crippen LogP) is 2.63. The highest BCUT2D eigenvalue weighted by molar-refractivity contribution is 7.89. The van der Waals surface area contributed by atoms with Crippen molar-refractivity contribution < 1.29 is 22.7 Å². The van der Waals surface area contributed by atoms with Crippen molar-refractivity contribution in [3.8, 4) is 0 Å². The first-order valence-electron chi connectivity index (χ1n) is 9.37. The van der Waals surface area contributed by atoms with E-state index < -0.39 is 22.6 Å². The number of esters is 1. The third-order valence-electron chi connectivity index (χ3n) is 5.25. The first-order valence-corrected chi connectivity index (χ1v) is 10.8. The summed E-state index contributed by atoms with van der Waals surface area (Å²) in [5.41, 5.74) is 2.80. The van der Waals surface area contributed by atoms with Crippen molar-refractivity contribution in [3.05, 3.63) is 71.4 Å². The first kappa shape index (κ1) is 21.7. The number of rotatable bonds is 6. The number of hydrogen-bond acceptors (Lipinski definition) is 6. The van der Waals surface area contributed by atoms with Crippen molar-refractivity contribution in [2.24, 2.45) is 0 Å². The molecule has 0 aliphatic carbocycles. The van der Waals surface area contributed by atoms with Crippen LogP contribution in [0.1, 0.15) is 29.8 Å². The molecule has 0 aromatic heterocycles. The van der Waals surface area contributed by atoms with Crippen LogP contribution in [0.5, 0.6) is 0 Å². The summed E-state index contributed by atoms with van der Waals surface area (Å²) in [6.07, 6.45) is 1.51. The van der Waals surface area contributed by atoms with Crippen molar-refractivity contribution >= 4 is 27.5 Å². The highest BCUT2D eigenvalue weighted by Crippen LogP contribution is 2.46. The second-order valence-corrected chi connectivity index (χ2v) is 9.39. The summed E-state index contributed by atoms with van der Waals surface area (Å²) in [6.45, 7) is 3.68. The number of likely N-dealkylation sites (N-methyl/N-ethyl adjacent to an activating group) is 1. The number of nitrogens with one attached hydrogen (secondary N) is 1. The number of allylic oxidation sites excluding steroid dienone is 1. The monoisotopic (exact) mass is 428 g/mol. The summed E-state index contributed by atoms with van der Waals surface area (Å²) < 4.78 is 30.8. The summed E-state index contributed by atoms with van der Waals surface area (Å²) in [5, 5.41) is 0. The van der Waals surface area contributed by atoms with Crippen LogP contribution >= 0.6 is 0 Å². The van der Waals surface area contributed by atoms with Gasteiger partial charge >= 0.3 is 5.97 Å². The molecule has 0 radical (unpaired) electrons. The van der Waals surface area contributed by atoms with Crippen LogP contribution in [-0.2, 0) is 25.0 Å². The van der Waals surface area contributed by atoms with E-state index in [1.165, 1.54) is 37.4 Å². The lowest BCUT2D eigenvalue weighted by Gasteiger charge is -2.23. The Morgan fingerprint density at radius 3 is 2.33 bits per heavy atom. The number of sulfonamides is 1. The number of nitrogens with zero attached hydrogens (tertiary/aromatic N) is 1. The van der Waals surface area contributed by atoms with Gasteiger partial charge < -0.3 is 9.64 Å². The molecule has 1 heterocycles. The Labute approximate surface area is 176 Å². The lowest BCUT2D eigenvalue weighted by atomic mass is 9.83. The van der Waals surface area contributed by atoms with Crippen LogP contribution in [-0.4, -0.2) is 40.9 Å². The number of benzene rings is 2. The lowest BCUT2D eigenvalue weighted by molar-refractivity contribution is -0.117. The zero-order valence-electron chi connectivity index (χ0n) is 17.3. The van der Waals surface area contributed by atoms with Gasteiger partial charge in [-0.2, -0.15) is 0 Å². The largest absolute Gasteiger partial charge is 0.454 e. The molecule has 2 aromatic carbocycles. The molecule has 0 saturated carbocycles. The molecule has 158 valence electrons. The van der Waals surface area contributed by atoms with Crippen molar-refractivity contribution in [2.45, 2.75) is 24.2 Å². The molecule has 1 aliphatic rings. The van der Waals surface area contributed by atoms with E-state index in [4.69, 9.17) is 4.74 Å². The summed E-state index contributed by atoms with van der Waals surface area (Å²) in [5.74, 6) is -1.03. The molecular formula is C22H24N2O5S. The Balaban J connectivity index is 1.68. The Morgan fingerprint density at radius 2 is 1.73 bits per heavy atom. The van der Waals surface area contributed by atoms with Crippen LogP contribution in [0.3, 0.4) is 0 Å². The molecule has 2 aromatic rings. The fraction of sp³-hybridized carbons (Fsp3) is 0.273. The predicted molar refractivity (Wildman–Crippen MR) is 114 cm³/mol. The Bertz CT molecular complexity index is 1120. The van der Waals surface area contributed by atoms with Gasteiger partial charge in [0.05, 0.1) is 10.5 Å². The molecule has 0 fully saturated rings. The molecule has 7 nitrogen and oxygen atoms in total. The van der Waals surface area contributed by atoms with Crippen LogP contribution in [0, 0.1) is 0 Å². The summed E-state index contributed by atoms with van der Waals surface area (Å²) in [4.78, 5) is 26.7. The molecule has 0 atom stereocenters. The SMILES string of the molecule is CNS(=O)(=O)c1ccc(C(=O)OCC(=O)/C=C2/N(C)c3ccccc3C2(C)C)cc1. The molecule has 3 rings (SSSR count). The molecule has 0 bridgehead atoms. The van der Waals surface area contributed by atoms with E-state index in [0.29, 0.717) is 0 Å². The van der Waals surface area contributed by atoms with Gasteiger partial charge in [-0.05, 0) is 42.9 Å². The molecule has 0 unspecified atom stereocenters. The first-order chi connectivity index (χ1) is 14.1. The van der Waals surface area contributed by atoms with Gasteiger partial charge in [0, 0.05) is 29.9 Å². The van der Waals surface area contributed by atoms with E-state index >= 15 is 0 Å². The number of ether oxygens (including phenoxy) is 1. The quantitative estimate of drug-likeness (QED) is 0.562. The van der Waals surface area contributed by atoms with E-state index in [-0.39, 0.29) is 21.7 Å². The Hall–Kier alpha value is -2.97. The highest BCUT2D eigenvalue weighted by Gasteiger charge is 2.38. The van der Waals surface area contributed by atoms with Crippen LogP contribution in [0.15, 0.2) is 65.2 Å². The topological polar surface area (TPSA) is 92.8 Å². The van der Waals surface area contributed by atoms with Crippen molar-refractivity contribution in [2.75, 3.05) is 25.6 Å². The van der Waals surface area contributed by atoms with Crippen molar-refractivity contribution in [1.29, 1.82) is 0 Å². The van der Waals surface area contributed by atoms with Crippen LogP contribution in [0.4, 0.5) is 5.69 Å². The molecule has 8 heteroatoms. The summed E-state index contributed by atoms with van der Waals surface area (Å²) >= 11 is 0. The van der Waals surface area contributed by atoms with Crippen molar-refractivity contribution in [3.63, 3.8) is 0 Å². The third kappa shape index (κ3) is 4.01. The van der Waals surface area contributed by atoms with Crippen LogP contribution in [0.2, 0.25) is 0 Å². The normalized spacial score (nSPS) is 16.4. The van der Waals surface area contributed by atoms with Crippen LogP contribution in [0.25, 0.3) is 0 Å². The van der Waals surface area contributed by atoms with E-state index in [9.17, 15) is 18.0 Å². The van der Waals surface area contributed by atoms with Gasteiger partial charge in [0.1, 0.15) is 0 Å². The van der Waals surface area contributed by atoms with E-state index in [2.05, 4.69) is 4.72 Å². The average molecular weight is 429 g/mol. The van der Waals surface area contributed by atoms with Gasteiger partial charge in [-0.25, -0.2) is 17.9 Å². The number of anilines is 1. The van der Waals surface area contributed by atoms with E-state index in [0.717, 1.165) is 16.9 Å². The van der Waals surface area contributed by atoms with E-state index in [1.807, 2.05) is 50.1 Å². The molecule has 1 N–H and O–H groups in total. The summed E-state index contributed by atoms with van der Waals surface area (Å²) in [7, 11) is -0.380. The van der Waals surface area contributed by atoms with Gasteiger partial charge in [0.15, 0.2) is 12.4 Å². The van der Waals surface area contributed by atoms with E-state index in [1.54, 1.807) is 0 Å². The highest BCUT2D eigenvalue weighted by atomic mass is 32.2. The fourth-order valence-electron chi connectivity index (χ4n) is 3.56. The molecule has 30 heavy (non-hydrogen) atoms. The zero-order valence-corrected chi connectivity index (χ0v) is 18.1. The van der Waals surface area contributed by atoms with Gasteiger partial charge in [-0.1, -0.05) is 32.0 Å². The van der Waals surface area contributed by atoms with Gasteiger partial charge in [-0.15, -0.1) is 0 Å². The van der Waals surface area contributed by atoms with Crippen molar-refractivity contribution in [1.82, 2.24) is 4.72 Å². The second kappa shape index (κ2) is 8.04. The van der Waals surface area contributed by atoms with Gasteiger partial charge in [0.2, 0.25) is 10.0 Å². The Kier molecular flexibility index (Phi) is 5.83. The number of carbonyl (C=O) groups excluding carboxylic acids is 2. The maximum Gasteiger partial charge on any atom is 0.338 e. The molecule has 0 amide bonds. The second-order valence-electron chi connectivity index (χ2n) is 7.51. The molecule has 0 spiro atoms. The zero-order chi connectivity index (χ0) is 22.1. The maximum absolute atomic E-state index is 12.5. The van der Waals surface area contributed by atoms with Crippen LogP contribution < -0.4 is 9.62 Å². The number of fused-ring (bicyclic) bond motifs is 1. The minimum atomic E-state index is -3.59. The smallest absolute Gasteiger partial charge is 0.338 e. The number of para-hydroxylation sites is 1. The lowest BCUT2D eigenvalue weighted by Crippen LogP contribution is -2.25. The van der Waals surface area contributed by atoms with Gasteiger partial charge in [-0.3, -0.25) is 4.79 Å². The minimum absolute atomic E-state index is 0.0356. The average Bonchev–Trinajstić information content (AvgIpc) is 2.93. The number of hydrogen-bond donors (Lipinski definition) is 1. The minimum Gasteiger partial charge on any atom is -0.454 e. The molecule has 1 aliphatic heterocycles. The number of carbonyl (C=O) groups is 2. The number of ketones is 1. The van der Waals surface area contributed by atoms with Gasteiger partial charge in [0.25, 0.3) is 0 Å². The third-order valence-corrected chi connectivity index (χ3v) is 6.68. The molecular weight excluding hydrogens is 404 g/mol. The molecule has 0 saturated heterocycles. The fourth-order valence-corrected chi connectivity index (χ4v) is 4.29. The Morgan fingerprint density at radius 1 is 1.10 bits per heavy atom. The maximum atomic E-state index is 12.5.